The Hall–Kier alpha value is -2.76. The summed E-state index contributed by atoms with van der Waals surface area (Å²) < 4.78 is 41.2. The lowest BCUT2D eigenvalue weighted by molar-refractivity contribution is -0.264. The minimum Gasteiger partial charge on any atom is -0.382 e. The fourth-order valence-electron chi connectivity index (χ4n) is 3.27. The molecule has 1 fully saturated rings. The van der Waals surface area contributed by atoms with Gasteiger partial charge in [-0.15, -0.1) is 0 Å². The molecule has 1 aromatic carbocycles. The second kappa shape index (κ2) is 8.17. The van der Waals surface area contributed by atoms with Crippen LogP contribution in [0.15, 0.2) is 24.4 Å². The largest absolute Gasteiger partial charge is 0.423 e. The van der Waals surface area contributed by atoms with Gasteiger partial charge in [-0.3, -0.25) is 15.6 Å². The quantitative estimate of drug-likeness (QED) is 0.487. The van der Waals surface area contributed by atoms with Crippen LogP contribution in [0.25, 0.3) is 11.3 Å². The smallest absolute Gasteiger partial charge is 0.382 e. The Morgan fingerprint density at radius 2 is 2.00 bits per heavy atom. The zero-order valence-corrected chi connectivity index (χ0v) is 16.5. The van der Waals surface area contributed by atoms with Crippen LogP contribution >= 0.6 is 0 Å². The highest BCUT2D eigenvalue weighted by Gasteiger charge is 2.55. The SMILES string of the molecule is CC(=O)NCC(O)(c1ccc(C)c(-c2cnc(N)c(C3CNNC3)n2)c1)C(F)(F)F. The lowest BCUT2D eigenvalue weighted by atomic mass is 9.89. The lowest BCUT2D eigenvalue weighted by Crippen LogP contribution is -2.50. The van der Waals surface area contributed by atoms with Gasteiger partial charge in [0.15, 0.2) is 0 Å². The van der Waals surface area contributed by atoms with E-state index in [1.807, 2.05) is 0 Å². The molecule has 0 bridgehead atoms. The molecule has 0 aliphatic carbocycles. The third kappa shape index (κ3) is 4.23. The van der Waals surface area contributed by atoms with E-state index in [0.29, 0.717) is 35.6 Å². The summed E-state index contributed by atoms with van der Waals surface area (Å²) in [6, 6.07) is 3.87. The summed E-state index contributed by atoms with van der Waals surface area (Å²) >= 11 is 0. The first-order chi connectivity index (χ1) is 14.0. The van der Waals surface area contributed by atoms with Crippen molar-refractivity contribution >= 4 is 11.7 Å². The number of hydrazine groups is 1. The van der Waals surface area contributed by atoms with Crippen LogP contribution in [0.2, 0.25) is 0 Å². The summed E-state index contributed by atoms with van der Waals surface area (Å²) in [5.74, 6) is -0.467. The van der Waals surface area contributed by atoms with Gasteiger partial charge in [-0.1, -0.05) is 12.1 Å². The first-order valence-electron chi connectivity index (χ1n) is 9.26. The van der Waals surface area contributed by atoms with Gasteiger partial charge in [0.25, 0.3) is 0 Å². The Morgan fingerprint density at radius 3 is 2.60 bits per heavy atom. The number of amides is 1. The Labute approximate surface area is 171 Å². The van der Waals surface area contributed by atoms with Crippen LogP contribution in [0.1, 0.15) is 29.7 Å². The minimum absolute atomic E-state index is 0.0344. The number of benzene rings is 1. The van der Waals surface area contributed by atoms with E-state index >= 15 is 0 Å². The fourth-order valence-corrected chi connectivity index (χ4v) is 3.27. The van der Waals surface area contributed by atoms with Crippen LogP contribution in [-0.2, 0) is 10.4 Å². The van der Waals surface area contributed by atoms with Crippen molar-refractivity contribution in [2.24, 2.45) is 0 Å². The number of aromatic nitrogens is 2. The lowest BCUT2D eigenvalue weighted by Gasteiger charge is -2.31. The summed E-state index contributed by atoms with van der Waals surface area (Å²) in [4.78, 5) is 19.9. The first kappa shape index (κ1) is 21.9. The molecule has 1 saturated heterocycles. The minimum atomic E-state index is -5.01. The fraction of sp³-hybridized carbons (Fsp3) is 0.421. The standard InChI is InChI=1S/C19H23F3N6O2/c1-10-3-4-13(18(30,19(20,21)22)9-25-11(2)29)5-14(10)15-8-24-17(23)16(28-15)12-6-26-27-7-12/h3-5,8,12,26-27,30H,6-7,9H2,1-2H3,(H2,23,24)(H,25,29). The van der Waals surface area contributed by atoms with Gasteiger partial charge in [-0.2, -0.15) is 13.2 Å². The summed E-state index contributed by atoms with van der Waals surface area (Å²) in [6.45, 7) is 2.97. The van der Waals surface area contributed by atoms with Crippen LogP contribution < -0.4 is 21.9 Å². The highest BCUT2D eigenvalue weighted by Crippen LogP contribution is 2.40. The van der Waals surface area contributed by atoms with E-state index in [0.717, 1.165) is 6.92 Å². The molecule has 2 heterocycles. The number of alkyl halides is 3. The van der Waals surface area contributed by atoms with E-state index in [1.54, 1.807) is 6.92 Å². The third-order valence-electron chi connectivity index (χ3n) is 5.09. The van der Waals surface area contributed by atoms with Crippen molar-refractivity contribution in [1.82, 2.24) is 26.1 Å². The molecule has 1 unspecified atom stereocenters. The molecule has 0 radical (unpaired) electrons. The van der Waals surface area contributed by atoms with Crippen LogP contribution in [0.4, 0.5) is 19.0 Å². The maximum absolute atomic E-state index is 13.7. The number of halogens is 3. The second-order valence-electron chi connectivity index (χ2n) is 7.28. The van der Waals surface area contributed by atoms with Crippen LogP contribution in [-0.4, -0.2) is 46.8 Å². The van der Waals surface area contributed by atoms with E-state index in [9.17, 15) is 23.1 Å². The molecular weight excluding hydrogens is 401 g/mol. The van der Waals surface area contributed by atoms with Crippen molar-refractivity contribution in [3.05, 3.63) is 41.2 Å². The highest BCUT2D eigenvalue weighted by molar-refractivity contribution is 5.73. The molecule has 0 spiro atoms. The van der Waals surface area contributed by atoms with Crippen molar-refractivity contribution in [3.63, 3.8) is 0 Å². The van der Waals surface area contributed by atoms with Crippen molar-refractivity contribution in [2.45, 2.75) is 31.5 Å². The van der Waals surface area contributed by atoms with Gasteiger partial charge in [0, 0.05) is 31.5 Å². The molecule has 1 aliphatic heterocycles. The number of nitrogens with two attached hydrogens (primary N) is 1. The summed E-state index contributed by atoms with van der Waals surface area (Å²) in [5.41, 5.74) is 10.1. The third-order valence-corrected chi connectivity index (χ3v) is 5.09. The predicted molar refractivity (Wildman–Crippen MR) is 104 cm³/mol. The van der Waals surface area contributed by atoms with Crippen molar-refractivity contribution in [3.8, 4) is 11.3 Å². The van der Waals surface area contributed by atoms with Gasteiger partial charge < -0.3 is 16.2 Å². The highest BCUT2D eigenvalue weighted by atomic mass is 19.4. The van der Waals surface area contributed by atoms with Gasteiger partial charge in [0.2, 0.25) is 11.5 Å². The summed E-state index contributed by atoms with van der Waals surface area (Å²) in [5, 5.41) is 12.5. The number of nitrogens with one attached hydrogen (secondary N) is 3. The van der Waals surface area contributed by atoms with Gasteiger partial charge in [0.05, 0.1) is 24.1 Å². The van der Waals surface area contributed by atoms with E-state index < -0.39 is 29.8 Å². The van der Waals surface area contributed by atoms with E-state index in [-0.39, 0.29) is 11.7 Å². The van der Waals surface area contributed by atoms with Gasteiger partial charge >= 0.3 is 6.18 Å². The maximum Gasteiger partial charge on any atom is 0.423 e. The van der Waals surface area contributed by atoms with Crippen LogP contribution in [0, 0.1) is 6.92 Å². The predicted octanol–water partition coefficient (Wildman–Crippen LogP) is 1.11. The Kier molecular flexibility index (Phi) is 5.97. The molecule has 3 rings (SSSR count). The van der Waals surface area contributed by atoms with Gasteiger partial charge in [0.1, 0.15) is 5.82 Å². The number of nitrogen functional groups attached to an aromatic ring is 1. The van der Waals surface area contributed by atoms with Gasteiger partial charge in [-0.25, -0.2) is 9.97 Å². The number of carbonyl (C=O) groups excluding carboxylic acids is 1. The number of aliphatic hydroxyl groups is 1. The van der Waals surface area contributed by atoms with E-state index in [2.05, 4.69) is 26.1 Å². The summed E-state index contributed by atoms with van der Waals surface area (Å²) in [6.07, 6.45) is -3.62. The average molecular weight is 424 g/mol. The van der Waals surface area contributed by atoms with Gasteiger partial charge in [-0.05, 0) is 24.1 Å². The molecule has 0 saturated carbocycles. The number of carbonyl (C=O) groups is 1. The second-order valence-corrected chi connectivity index (χ2v) is 7.28. The molecule has 162 valence electrons. The number of rotatable bonds is 5. The maximum atomic E-state index is 13.7. The zero-order chi connectivity index (χ0) is 22.1. The Balaban J connectivity index is 2.06. The molecule has 1 aromatic heterocycles. The van der Waals surface area contributed by atoms with Crippen molar-refractivity contribution in [1.29, 1.82) is 0 Å². The molecule has 11 heteroatoms. The molecule has 1 aliphatic rings. The molecular formula is C19H23F3N6O2. The monoisotopic (exact) mass is 424 g/mol. The number of aryl methyl sites for hydroxylation is 1. The first-order valence-corrected chi connectivity index (χ1v) is 9.26. The molecule has 1 atom stereocenters. The molecule has 8 nitrogen and oxygen atoms in total. The number of hydrogen-bond donors (Lipinski definition) is 5. The van der Waals surface area contributed by atoms with Crippen LogP contribution in [0.3, 0.4) is 0 Å². The van der Waals surface area contributed by atoms with E-state index in [1.165, 1.54) is 24.4 Å². The molecule has 2 aromatic rings. The number of nitrogens with zero attached hydrogens (tertiary/aromatic N) is 2. The Bertz CT molecular complexity index is 946. The normalized spacial score (nSPS) is 17.0. The summed E-state index contributed by atoms with van der Waals surface area (Å²) in [7, 11) is 0. The number of hydrogen-bond acceptors (Lipinski definition) is 7. The van der Waals surface area contributed by atoms with E-state index in [4.69, 9.17) is 5.73 Å². The zero-order valence-electron chi connectivity index (χ0n) is 16.5. The average Bonchev–Trinajstić information content (AvgIpc) is 3.20. The molecule has 1 amide bonds. The molecule has 6 N–H and O–H groups in total. The van der Waals surface area contributed by atoms with Crippen molar-refractivity contribution < 1.29 is 23.1 Å². The Morgan fingerprint density at radius 1 is 1.33 bits per heavy atom. The van der Waals surface area contributed by atoms with Crippen molar-refractivity contribution in [2.75, 3.05) is 25.4 Å². The number of anilines is 1. The topological polar surface area (TPSA) is 125 Å². The molecule has 30 heavy (non-hydrogen) atoms. The van der Waals surface area contributed by atoms with Crippen LogP contribution in [0.5, 0.6) is 0 Å².